The second-order valence-electron chi connectivity index (χ2n) is 5.65. The van der Waals surface area contributed by atoms with Gasteiger partial charge in [0.1, 0.15) is 0 Å². The second kappa shape index (κ2) is 8.79. The summed E-state index contributed by atoms with van der Waals surface area (Å²) in [6.07, 6.45) is 1.78. The number of carbonyl (C=O) groups is 2. The van der Waals surface area contributed by atoms with Crippen LogP contribution in [-0.4, -0.2) is 51.3 Å². The number of benzene rings is 1. The number of hydrogen-bond donors (Lipinski definition) is 1. The summed E-state index contributed by atoms with van der Waals surface area (Å²) in [5, 5.41) is 2.72. The molecular formula is C16H24N2O5S. The first-order valence-corrected chi connectivity index (χ1v) is 9.11. The van der Waals surface area contributed by atoms with Gasteiger partial charge < -0.3 is 10.1 Å². The minimum Gasteiger partial charge on any atom is -0.452 e. The van der Waals surface area contributed by atoms with E-state index in [0.29, 0.717) is 0 Å². The van der Waals surface area contributed by atoms with Crippen molar-refractivity contribution in [2.24, 2.45) is 0 Å². The maximum atomic E-state index is 12.1. The molecule has 1 N–H and O–H groups in total. The van der Waals surface area contributed by atoms with Gasteiger partial charge in [-0.3, -0.25) is 4.79 Å². The number of esters is 1. The highest BCUT2D eigenvalue weighted by molar-refractivity contribution is 7.89. The van der Waals surface area contributed by atoms with Gasteiger partial charge in [0, 0.05) is 20.1 Å². The number of nitrogens with zero attached hydrogens (tertiary/aromatic N) is 1. The van der Waals surface area contributed by atoms with Crippen molar-refractivity contribution in [2.75, 3.05) is 20.7 Å². The van der Waals surface area contributed by atoms with E-state index in [0.717, 1.165) is 17.1 Å². The van der Waals surface area contributed by atoms with Crippen LogP contribution in [0, 0.1) is 0 Å². The van der Waals surface area contributed by atoms with Crippen LogP contribution in [0.1, 0.15) is 37.0 Å². The van der Waals surface area contributed by atoms with Crippen molar-refractivity contribution < 1.29 is 22.7 Å². The van der Waals surface area contributed by atoms with Crippen LogP contribution >= 0.6 is 0 Å². The highest BCUT2D eigenvalue weighted by Gasteiger charge is 2.19. The third-order valence-corrected chi connectivity index (χ3v) is 5.12. The van der Waals surface area contributed by atoms with Crippen molar-refractivity contribution in [3.05, 3.63) is 29.8 Å². The summed E-state index contributed by atoms with van der Waals surface area (Å²) in [5.74, 6) is -1.13. The normalized spacial score (nSPS) is 12.7. The molecule has 0 aliphatic heterocycles. The average Bonchev–Trinajstić information content (AvgIpc) is 2.52. The number of sulfonamides is 1. The number of ether oxygens (including phenoxy) is 1. The maximum Gasteiger partial charge on any atom is 0.338 e. The van der Waals surface area contributed by atoms with E-state index < -0.39 is 22.6 Å². The van der Waals surface area contributed by atoms with Crippen molar-refractivity contribution in [1.82, 2.24) is 9.62 Å². The van der Waals surface area contributed by atoms with Crippen LogP contribution in [0.3, 0.4) is 0 Å². The summed E-state index contributed by atoms with van der Waals surface area (Å²) in [5.41, 5.74) is 0.0762. The Morgan fingerprint density at radius 3 is 2.54 bits per heavy atom. The Kier molecular flexibility index (Phi) is 7.37. The Morgan fingerprint density at radius 2 is 1.96 bits per heavy atom. The second-order valence-corrected chi connectivity index (χ2v) is 7.80. The molecule has 0 fully saturated rings. The SMILES string of the molecule is CCCC(C)NC(=O)COC(=O)c1cccc(S(=O)(=O)N(C)C)c1. The van der Waals surface area contributed by atoms with Gasteiger partial charge in [0.25, 0.3) is 5.91 Å². The quantitative estimate of drug-likeness (QED) is 0.711. The number of nitrogens with one attached hydrogen (secondary N) is 1. The number of rotatable bonds is 8. The molecule has 8 heteroatoms. The third-order valence-electron chi connectivity index (χ3n) is 3.31. The molecule has 0 aromatic heterocycles. The number of amides is 1. The topological polar surface area (TPSA) is 92.8 Å². The summed E-state index contributed by atoms with van der Waals surface area (Å²) >= 11 is 0. The largest absolute Gasteiger partial charge is 0.452 e. The van der Waals surface area contributed by atoms with Crippen LogP contribution in [-0.2, 0) is 19.6 Å². The zero-order valence-electron chi connectivity index (χ0n) is 14.4. The zero-order valence-corrected chi connectivity index (χ0v) is 15.2. The summed E-state index contributed by atoms with van der Waals surface area (Å²) < 4.78 is 30.1. The van der Waals surface area contributed by atoms with Crippen LogP contribution in [0.15, 0.2) is 29.2 Å². The molecule has 0 bridgehead atoms. The van der Waals surface area contributed by atoms with Crippen LogP contribution in [0.5, 0.6) is 0 Å². The molecule has 1 atom stereocenters. The van der Waals surface area contributed by atoms with Gasteiger partial charge in [0.15, 0.2) is 6.61 Å². The van der Waals surface area contributed by atoms with E-state index in [4.69, 9.17) is 4.74 Å². The minimum atomic E-state index is -3.64. The standard InChI is InChI=1S/C16H24N2O5S/c1-5-7-12(2)17-15(19)11-23-16(20)13-8-6-9-14(10-13)24(21,22)18(3)4/h6,8-10,12H,5,7,11H2,1-4H3,(H,17,19). The fourth-order valence-corrected chi connectivity index (χ4v) is 2.98. The molecule has 0 aliphatic rings. The summed E-state index contributed by atoms with van der Waals surface area (Å²) in [6.45, 7) is 3.48. The van der Waals surface area contributed by atoms with Gasteiger partial charge in [0.2, 0.25) is 10.0 Å². The molecule has 0 saturated heterocycles. The molecule has 0 spiro atoms. The fraction of sp³-hybridized carbons (Fsp3) is 0.500. The predicted octanol–water partition coefficient (Wildman–Crippen LogP) is 1.40. The molecule has 0 radical (unpaired) electrons. The van der Waals surface area contributed by atoms with Gasteiger partial charge in [0.05, 0.1) is 10.5 Å². The van der Waals surface area contributed by atoms with E-state index in [9.17, 15) is 18.0 Å². The highest BCUT2D eigenvalue weighted by atomic mass is 32.2. The van der Waals surface area contributed by atoms with Crippen molar-refractivity contribution >= 4 is 21.9 Å². The molecule has 134 valence electrons. The fourth-order valence-electron chi connectivity index (χ4n) is 2.03. The third kappa shape index (κ3) is 5.61. The van der Waals surface area contributed by atoms with Crippen LogP contribution < -0.4 is 5.32 Å². The zero-order chi connectivity index (χ0) is 18.3. The lowest BCUT2D eigenvalue weighted by Crippen LogP contribution is -2.35. The van der Waals surface area contributed by atoms with E-state index in [2.05, 4.69) is 5.32 Å². The van der Waals surface area contributed by atoms with E-state index in [1.807, 2.05) is 13.8 Å². The maximum absolute atomic E-state index is 12.1. The lowest BCUT2D eigenvalue weighted by atomic mass is 10.2. The van der Waals surface area contributed by atoms with Crippen LogP contribution in [0.25, 0.3) is 0 Å². The first-order chi connectivity index (χ1) is 11.2. The van der Waals surface area contributed by atoms with Crippen molar-refractivity contribution in [3.8, 4) is 0 Å². The van der Waals surface area contributed by atoms with Gasteiger partial charge >= 0.3 is 5.97 Å². The Morgan fingerprint density at radius 1 is 1.29 bits per heavy atom. The van der Waals surface area contributed by atoms with Crippen molar-refractivity contribution in [2.45, 2.75) is 37.6 Å². The molecular weight excluding hydrogens is 332 g/mol. The van der Waals surface area contributed by atoms with E-state index in [1.54, 1.807) is 0 Å². The van der Waals surface area contributed by atoms with Crippen LogP contribution in [0.2, 0.25) is 0 Å². The molecule has 1 amide bonds. The Hall–Kier alpha value is -1.93. The molecule has 1 unspecified atom stereocenters. The number of carbonyl (C=O) groups excluding carboxylic acids is 2. The van der Waals surface area contributed by atoms with E-state index in [-0.39, 0.29) is 22.4 Å². The van der Waals surface area contributed by atoms with Gasteiger partial charge in [-0.2, -0.15) is 0 Å². The van der Waals surface area contributed by atoms with E-state index in [1.165, 1.54) is 38.4 Å². The Balaban J connectivity index is 2.71. The van der Waals surface area contributed by atoms with Gasteiger partial charge in [-0.05, 0) is 31.5 Å². The molecule has 0 aliphatic carbocycles. The molecule has 0 heterocycles. The average molecular weight is 356 g/mol. The molecule has 0 saturated carbocycles. The molecule has 7 nitrogen and oxygen atoms in total. The molecule has 1 aromatic carbocycles. The van der Waals surface area contributed by atoms with E-state index >= 15 is 0 Å². The smallest absolute Gasteiger partial charge is 0.338 e. The highest BCUT2D eigenvalue weighted by Crippen LogP contribution is 2.15. The summed E-state index contributed by atoms with van der Waals surface area (Å²) in [6, 6.07) is 5.53. The molecule has 1 rings (SSSR count). The van der Waals surface area contributed by atoms with Gasteiger partial charge in [-0.25, -0.2) is 17.5 Å². The van der Waals surface area contributed by atoms with Crippen LogP contribution in [0.4, 0.5) is 0 Å². The van der Waals surface area contributed by atoms with Gasteiger partial charge in [-0.15, -0.1) is 0 Å². The first-order valence-electron chi connectivity index (χ1n) is 7.67. The predicted molar refractivity (Wildman–Crippen MR) is 90.1 cm³/mol. The first kappa shape index (κ1) is 20.1. The summed E-state index contributed by atoms with van der Waals surface area (Å²) in [4.78, 5) is 23.7. The summed E-state index contributed by atoms with van der Waals surface area (Å²) in [7, 11) is -0.830. The van der Waals surface area contributed by atoms with Crippen molar-refractivity contribution in [3.63, 3.8) is 0 Å². The minimum absolute atomic E-state index is 0.00904. The molecule has 24 heavy (non-hydrogen) atoms. The van der Waals surface area contributed by atoms with Gasteiger partial charge in [-0.1, -0.05) is 19.4 Å². The Labute approximate surface area is 143 Å². The lowest BCUT2D eigenvalue weighted by molar-refractivity contribution is -0.124. The lowest BCUT2D eigenvalue weighted by Gasteiger charge is -2.13. The Bertz CT molecular complexity index is 685. The monoisotopic (exact) mass is 356 g/mol. The number of hydrogen-bond acceptors (Lipinski definition) is 5. The van der Waals surface area contributed by atoms with Crippen molar-refractivity contribution in [1.29, 1.82) is 0 Å². The molecule has 1 aromatic rings.